The molecule has 110 valence electrons. The maximum absolute atomic E-state index is 12.3. The van der Waals surface area contributed by atoms with Crippen molar-refractivity contribution in [3.05, 3.63) is 47.2 Å². The number of likely N-dealkylation sites (tertiary alicyclic amines) is 1. The molecule has 1 aromatic heterocycles. The van der Waals surface area contributed by atoms with Crippen LogP contribution in [0.2, 0.25) is 5.02 Å². The van der Waals surface area contributed by atoms with Crippen LogP contribution in [0, 0.1) is 0 Å². The third-order valence-electron chi connectivity index (χ3n) is 3.85. The van der Waals surface area contributed by atoms with Crippen LogP contribution in [0.25, 0.3) is 0 Å². The maximum Gasteiger partial charge on any atom is 0.226 e. The second-order valence-electron chi connectivity index (χ2n) is 5.26. The summed E-state index contributed by atoms with van der Waals surface area (Å²) in [6, 6.07) is 7.75. The highest BCUT2D eigenvalue weighted by Crippen LogP contribution is 2.21. The zero-order chi connectivity index (χ0) is 14.7. The molecule has 6 heteroatoms. The van der Waals surface area contributed by atoms with Crippen molar-refractivity contribution in [2.75, 3.05) is 13.1 Å². The van der Waals surface area contributed by atoms with Gasteiger partial charge in [0, 0.05) is 18.1 Å². The van der Waals surface area contributed by atoms with Crippen molar-refractivity contribution in [1.82, 2.24) is 19.9 Å². The summed E-state index contributed by atoms with van der Waals surface area (Å²) in [4.78, 5) is 16.0. The number of benzene rings is 1. The number of carbonyl (C=O) groups excluding carboxylic acids is 1. The number of hydrogen-bond donors (Lipinski definition) is 0. The highest BCUT2D eigenvalue weighted by molar-refractivity contribution is 6.30. The SMILES string of the molecule is O=C(Cc1ccc(Cl)cc1)N1CCC(n2nccn2)CC1. The number of aromatic nitrogens is 3. The lowest BCUT2D eigenvalue weighted by atomic mass is 10.0. The van der Waals surface area contributed by atoms with E-state index in [1.165, 1.54) is 0 Å². The maximum atomic E-state index is 12.3. The van der Waals surface area contributed by atoms with Crippen LogP contribution in [0.3, 0.4) is 0 Å². The molecule has 1 amide bonds. The van der Waals surface area contributed by atoms with Crippen molar-refractivity contribution in [1.29, 1.82) is 0 Å². The fourth-order valence-electron chi connectivity index (χ4n) is 2.65. The van der Waals surface area contributed by atoms with Gasteiger partial charge in [0.1, 0.15) is 0 Å². The average molecular weight is 305 g/mol. The van der Waals surface area contributed by atoms with E-state index in [0.29, 0.717) is 17.5 Å². The molecule has 5 nitrogen and oxygen atoms in total. The predicted octanol–water partition coefficient (Wildman–Crippen LogP) is 2.34. The Balaban J connectivity index is 1.54. The minimum Gasteiger partial charge on any atom is -0.342 e. The molecule has 0 radical (unpaired) electrons. The largest absolute Gasteiger partial charge is 0.342 e. The van der Waals surface area contributed by atoms with E-state index in [0.717, 1.165) is 31.5 Å². The molecule has 3 rings (SSSR count). The Labute approximate surface area is 128 Å². The Morgan fingerprint density at radius 1 is 1.14 bits per heavy atom. The lowest BCUT2D eigenvalue weighted by molar-refractivity contribution is -0.131. The van der Waals surface area contributed by atoms with E-state index in [-0.39, 0.29) is 5.91 Å². The topological polar surface area (TPSA) is 51.0 Å². The minimum absolute atomic E-state index is 0.171. The zero-order valence-electron chi connectivity index (χ0n) is 11.7. The highest BCUT2D eigenvalue weighted by atomic mass is 35.5. The van der Waals surface area contributed by atoms with Crippen molar-refractivity contribution < 1.29 is 4.79 Å². The van der Waals surface area contributed by atoms with Gasteiger partial charge >= 0.3 is 0 Å². The van der Waals surface area contributed by atoms with E-state index in [1.54, 1.807) is 17.2 Å². The normalized spacial score (nSPS) is 16.1. The van der Waals surface area contributed by atoms with Gasteiger partial charge in [-0.3, -0.25) is 4.79 Å². The molecule has 0 N–H and O–H groups in total. The standard InChI is InChI=1S/C15H17ClN4O/c16-13-3-1-12(2-4-13)11-15(21)19-9-5-14(6-10-19)20-17-7-8-18-20/h1-4,7-8,14H,5-6,9-11H2. The molecule has 0 spiro atoms. The van der Waals surface area contributed by atoms with E-state index in [2.05, 4.69) is 10.2 Å². The Morgan fingerprint density at radius 3 is 2.38 bits per heavy atom. The second-order valence-corrected chi connectivity index (χ2v) is 5.70. The predicted molar refractivity (Wildman–Crippen MR) is 80.0 cm³/mol. The molecule has 1 aliphatic heterocycles. The van der Waals surface area contributed by atoms with Crippen LogP contribution in [0.4, 0.5) is 0 Å². The van der Waals surface area contributed by atoms with Gasteiger partial charge < -0.3 is 4.90 Å². The lowest BCUT2D eigenvalue weighted by Crippen LogP contribution is -2.40. The van der Waals surface area contributed by atoms with Crippen molar-refractivity contribution in [3.63, 3.8) is 0 Å². The first-order valence-corrected chi connectivity index (χ1v) is 7.48. The summed E-state index contributed by atoms with van der Waals surface area (Å²) in [7, 11) is 0. The fraction of sp³-hybridized carbons (Fsp3) is 0.400. The molecule has 0 unspecified atom stereocenters. The van der Waals surface area contributed by atoms with Gasteiger partial charge in [-0.2, -0.15) is 15.0 Å². The molecule has 1 fully saturated rings. The summed E-state index contributed by atoms with van der Waals surface area (Å²) in [6.45, 7) is 1.53. The summed E-state index contributed by atoms with van der Waals surface area (Å²) >= 11 is 5.85. The molecular formula is C15H17ClN4O. The van der Waals surface area contributed by atoms with E-state index in [4.69, 9.17) is 11.6 Å². The third kappa shape index (κ3) is 3.42. The summed E-state index contributed by atoms with van der Waals surface area (Å²) in [5.74, 6) is 0.171. The number of rotatable bonds is 3. The molecule has 2 heterocycles. The monoisotopic (exact) mass is 304 g/mol. The number of halogens is 1. The molecule has 2 aromatic rings. The Bertz CT molecular complexity index is 589. The molecule has 0 aliphatic carbocycles. The van der Waals surface area contributed by atoms with Gasteiger partial charge in [0.25, 0.3) is 0 Å². The van der Waals surface area contributed by atoms with E-state index in [9.17, 15) is 4.79 Å². The van der Waals surface area contributed by atoms with Gasteiger partial charge in [0.05, 0.1) is 24.9 Å². The van der Waals surface area contributed by atoms with Crippen LogP contribution < -0.4 is 0 Å². The lowest BCUT2D eigenvalue weighted by Gasteiger charge is -2.31. The van der Waals surface area contributed by atoms with Gasteiger partial charge in [0.2, 0.25) is 5.91 Å². The van der Waals surface area contributed by atoms with E-state index < -0.39 is 0 Å². The average Bonchev–Trinajstić information content (AvgIpc) is 3.04. The summed E-state index contributed by atoms with van der Waals surface area (Å²) < 4.78 is 0. The first kappa shape index (κ1) is 14.1. The minimum atomic E-state index is 0.171. The van der Waals surface area contributed by atoms with Crippen molar-refractivity contribution in [3.8, 4) is 0 Å². The molecule has 1 aromatic carbocycles. The number of carbonyl (C=O) groups is 1. The molecule has 0 saturated carbocycles. The number of hydrogen-bond acceptors (Lipinski definition) is 3. The van der Waals surface area contributed by atoms with Crippen LogP contribution in [-0.2, 0) is 11.2 Å². The molecule has 21 heavy (non-hydrogen) atoms. The molecule has 1 aliphatic rings. The molecule has 0 bridgehead atoms. The van der Waals surface area contributed by atoms with Gasteiger partial charge in [0.15, 0.2) is 0 Å². The summed E-state index contributed by atoms with van der Waals surface area (Å²) in [6.07, 6.45) is 5.63. The van der Waals surface area contributed by atoms with Crippen LogP contribution >= 0.6 is 11.6 Å². The highest BCUT2D eigenvalue weighted by Gasteiger charge is 2.24. The van der Waals surface area contributed by atoms with Crippen LogP contribution in [0.5, 0.6) is 0 Å². The van der Waals surface area contributed by atoms with E-state index in [1.807, 2.05) is 29.2 Å². The number of nitrogens with zero attached hydrogens (tertiary/aromatic N) is 4. The van der Waals surface area contributed by atoms with Crippen molar-refractivity contribution >= 4 is 17.5 Å². The Kier molecular flexibility index (Phi) is 4.20. The quantitative estimate of drug-likeness (QED) is 0.874. The van der Waals surface area contributed by atoms with Gasteiger partial charge in [-0.1, -0.05) is 23.7 Å². The van der Waals surface area contributed by atoms with Crippen molar-refractivity contribution in [2.45, 2.75) is 25.3 Å². The smallest absolute Gasteiger partial charge is 0.226 e. The number of piperidine rings is 1. The summed E-state index contributed by atoms with van der Waals surface area (Å²) in [5, 5.41) is 9.04. The van der Waals surface area contributed by atoms with Crippen LogP contribution in [0.1, 0.15) is 24.4 Å². The van der Waals surface area contributed by atoms with E-state index >= 15 is 0 Å². The first-order chi connectivity index (χ1) is 10.2. The zero-order valence-corrected chi connectivity index (χ0v) is 12.4. The molecule has 0 atom stereocenters. The molecule has 1 saturated heterocycles. The Morgan fingerprint density at radius 2 is 1.76 bits per heavy atom. The summed E-state index contributed by atoms with van der Waals surface area (Å²) in [5.41, 5.74) is 1.00. The fourth-order valence-corrected chi connectivity index (χ4v) is 2.78. The Hall–Kier alpha value is -1.88. The first-order valence-electron chi connectivity index (χ1n) is 7.10. The number of amides is 1. The second kappa shape index (κ2) is 6.26. The van der Waals surface area contributed by atoms with Crippen LogP contribution in [-0.4, -0.2) is 38.9 Å². The third-order valence-corrected chi connectivity index (χ3v) is 4.10. The molecular weight excluding hydrogens is 288 g/mol. The van der Waals surface area contributed by atoms with Gasteiger partial charge in [-0.15, -0.1) is 0 Å². The van der Waals surface area contributed by atoms with Gasteiger partial charge in [-0.25, -0.2) is 0 Å². The van der Waals surface area contributed by atoms with Crippen LogP contribution in [0.15, 0.2) is 36.7 Å². The van der Waals surface area contributed by atoms with Gasteiger partial charge in [-0.05, 0) is 30.5 Å². The van der Waals surface area contributed by atoms with Crippen molar-refractivity contribution in [2.24, 2.45) is 0 Å².